The van der Waals surface area contributed by atoms with Gasteiger partial charge in [0.2, 0.25) is 0 Å². The third-order valence-electron chi connectivity index (χ3n) is 7.97. The van der Waals surface area contributed by atoms with Crippen molar-refractivity contribution in [1.29, 1.82) is 0 Å². The third-order valence-corrected chi connectivity index (χ3v) is 13.0. The van der Waals surface area contributed by atoms with Gasteiger partial charge in [-0.05, 0) is 83.8 Å². The summed E-state index contributed by atoms with van der Waals surface area (Å²) in [7, 11) is -0.920. The zero-order valence-corrected chi connectivity index (χ0v) is 28.1. The standard InChI is InChI=1S/C38H48O4Si/c1-28(17-15-19-30(3)34-27-36(41-8)31(4)26-35(34)37(39)40)25-29(2)18-16-24-42-43(38(5,6)7,32-20-11-9-12-21-32)33-22-13-10-14-23-33/h9-15,17-23,26-28H,16,24-25H2,1-8H3,(H,39,40)/b17-15+,29-18+,30-19+/t28-/m0/s1. The largest absolute Gasteiger partial charge is 0.496 e. The van der Waals surface area contributed by atoms with Gasteiger partial charge in [0.05, 0.1) is 12.7 Å². The summed E-state index contributed by atoms with van der Waals surface area (Å²) in [6, 6.07) is 25.0. The molecule has 0 bridgehead atoms. The lowest BCUT2D eigenvalue weighted by Crippen LogP contribution is -2.66. The van der Waals surface area contributed by atoms with Crippen LogP contribution in [0.4, 0.5) is 0 Å². The molecule has 4 nitrogen and oxygen atoms in total. The molecule has 3 aromatic rings. The average molecular weight is 597 g/mol. The fraction of sp³-hybridized carbons (Fsp3) is 0.342. The van der Waals surface area contributed by atoms with E-state index in [-0.39, 0.29) is 10.6 Å². The molecule has 0 aliphatic rings. The van der Waals surface area contributed by atoms with E-state index < -0.39 is 14.3 Å². The Balaban J connectivity index is 1.68. The number of ether oxygens (including phenoxy) is 1. The Morgan fingerprint density at radius 1 is 0.953 bits per heavy atom. The van der Waals surface area contributed by atoms with Gasteiger partial charge in [0.15, 0.2) is 0 Å². The normalized spacial score (nSPS) is 13.8. The lowest BCUT2D eigenvalue weighted by atomic mass is 9.97. The van der Waals surface area contributed by atoms with Crippen molar-refractivity contribution in [2.75, 3.05) is 13.7 Å². The quantitative estimate of drug-likeness (QED) is 0.0929. The number of aryl methyl sites for hydroxylation is 1. The SMILES string of the molecule is COc1cc(/C(C)=C/C=C/[C@H](C)C/C(C)=C/CCO[Si](c2ccccc2)(c2ccccc2)C(C)(C)C)c(C(=O)O)cc1C. The van der Waals surface area contributed by atoms with Gasteiger partial charge in [-0.3, -0.25) is 0 Å². The summed E-state index contributed by atoms with van der Waals surface area (Å²) in [5.41, 5.74) is 3.98. The van der Waals surface area contributed by atoms with E-state index in [9.17, 15) is 9.90 Å². The molecule has 0 aromatic heterocycles. The number of carboxylic acid groups (broad SMARTS) is 1. The average Bonchev–Trinajstić information content (AvgIpc) is 2.97. The van der Waals surface area contributed by atoms with Crippen LogP contribution in [0.5, 0.6) is 5.75 Å². The number of hydrogen-bond donors (Lipinski definition) is 1. The molecule has 3 aromatic carbocycles. The van der Waals surface area contributed by atoms with E-state index in [0.717, 1.165) is 24.0 Å². The van der Waals surface area contributed by atoms with Gasteiger partial charge in [-0.2, -0.15) is 0 Å². The predicted octanol–water partition coefficient (Wildman–Crippen LogP) is 8.60. The van der Waals surface area contributed by atoms with Crippen LogP contribution in [0.2, 0.25) is 5.04 Å². The van der Waals surface area contributed by atoms with E-state index in [0.29, 0.717) is 23.8 Å². The maximum atomic E-state index is 11.8. The molecule has 0 radical (unpaired) electrons. The Morgan fingerprint density at radius 3 is 2.05 bits per heavy atom. The molecule has 0 aliphatic carbocycles. The fourth-order valence-electron chi connectivity index (χ4n) is 5.83. The Morgan fingerprint density at radius 2 is 1.53 bits per heavy atom. The van der Waals surface area contributed by atoms with Gasteiger partial charge in [0, 0.05) is 6.61 Å². The molecule has 0 saturated heterocycles. The summed E-state index contributed by atoms with van der Waals surface area (Å²) in [5, 5.41) is 12.3. The maximum Gasteiger partial charge on any atom is 0.336 e. The number of carbonyl (C=O) groups is 1. The van der Waals surface area contributed by atoms with Gasteiger partial charge in [0.25, 0.3) is 8.32 Å². The zero-order valence-electron chi connectivity index (χ0n) is 27.1. The van der Waals surface area contributed by atoms with E-state index in [2.05, 4.69) is 107 Å². The van der Waals surface area contributed by atoms with Crippen LogP contribution in [-0.4, -0.2) is 33.1 Å². The second-order valence-electron chi connectivity index (χ2n) is 12.4. The van der Waals surface area contributed by atoms with Gasteiger partial charge in [-0.25, -0.2) is 4.79 Å². The first-order valence-electron chi connectivity index (χ1n) is 15.1. The Bertz CT molecular complexity index is 1410. The summed E-state index contributed by atoms with van der Waals surface area (Å²) in [5.74, 6) is 0.0831. The highest BCUT2D eigenvalue weighted by molar-refractivity contribution is 6.99. The van der Waals surface area contributed by atoms with Crippen LogP contribution in [0.15, 0.2) is 103 Å². The smallest absolute Gasteiger partial charge is 0.336 e. The number of carboxylic acids is 1. The second kappa shape index (κ2) is 15.2. The van der Waals surface area contributed by atoms with E-state index >= 15 is 0 Å². The first kappa shape index (κ1) is 33.8. The molecule has 1 atom stereocenters. The monoisotopic (exact) mass is 596 g/mol. The summed E-state index contributed by atoms with van der Waals surface area (Å²) < 4.78 is 12.5. The van der Waals surface area contributed by atoms with Crippen molar-refractivity contribution in [1.82, 2.24) is 0 Å². The van der Waals surface area contributed by atoms with Crippen molar-refractivity contribution in [3.05, 3.63) is 119 Å². The number of hydrogen-bond acceptors (Lipinski definition) is 3. The highest BCUT2D eigenvalue weighted by Gasteiger charge is 2.49. The fourth-order valence-corrected chi connectivity index (χ4v) is 10.4. The number of benzene rings is 3. The van der Waals surface area contributed by atoms with Crippen LogP contribution < -0.4 is 15.1 Å². The van der Waals surface area contributed by atoms with E-state index in [4.69, 9.17) is 9.16 Å². The molecule has 0 amide bonds. The van der Waals surface area contributed by atoms with Crippen LogP contribution in [0, 0.1) is 12.8 Å². The molecule has 0 aliphatic heterocycles. The topological polar surface area (TPSA) is 55.8 Å². The van der Waals surface area contributed by atoms with Gasteiger partial charge >= 0.3 is 5.97 Å². The third kappa shape index (κ3) is 8.46. The summed E-state index contributed by atoms with van der Waals surface area (Å²) >= 11 is 0. The van der Waals surface area contributed by atoms with E-state index in [1.807, 2.05) is 32.1 Å². The van der Waals surface area contributed by atoms with Gasteiger partial charge in [0.1, 0.15) is 5.75 Å². The van der Waals surface area contributed by atoms with Crippen molar-refractivity contribution < 1.29 is 19.1 Å². The highest BCUT2D eigenvalue weighted by Crippen LogP contribution is 2.37. The summed E-state index contributed by atoms with van der Waals surface area (Å²) in [4.78, 5) is 11.8. The van der Waals surface area contributed by atoms with Crippen LogP contribution in [-0.2, 0) is 4.43 Å². The van der Waals surface area contributed by atoms with Gasteiger partial charge in [-0.15, -0.1) is 0 Å². The van der Waals surface area contributed by atoms with Crippen LogP contribution in [0.3, 0.4) is 0 Å². The lowest BCUT2D eigenvalue weighted by molar-refractivity contribution is 0.0696. The van der Waals surface area contributed by atoms with Crippen molar-refractivity contribution in [2.45, 2.75) is 66.3 Å². The lowest BCUT2D eigenvalue weighted by Gasteiger charge is -2.43. The second-order valence-corrected chi connectivity index (χ2v) is 16.7. The molecule has 5 heteroatoms. The van der Waals surface area contributed by atoms with E-state index in [1.54, 1.807) is 13.2 Å². The molecule has 43 heavy (non-hydrogen) atoms. The molecule has 0 saturated carbocycles. The van der Waals surface area contributed by atoms with E-state index in [1.165, 1.54) is 15.9 Å². The Labute approximate surface area is 259 Å². The molecule has 3 rings (SSSR count). The maximum absolute atomic E-state index is 11.8. The van der Waals surface area contributed by atoms with Crippen molar-refractivity contribution in [2.24, 2.45) is 5.92 Å². The summed E-state index contributed by atoms with van der Waals surface area (Å²) in [6.45, 7) is 15.8. The zero-order chi connectivity index (χ0) is 31.6. The minimum absolute atomic E-state index is 0.0334. The molecule has 0 unspecified atom stereocenters. The minimum Gasteiger partial charge on any atom is -0.496 e. The van der Waals surface area contributed by atoms with Crippen LogP contribution in [0.1, 0.15) is 75.9 Å². The van der Waals surface area contributed by atoms with Crippen molar-refractivity contribution in [3.8, 4) is 5.75 Å². The van der Waals surface area contributed by atoms with Crippen molar-refractivity contribution >= 4 is 30.2 Å². The molecule has 0 fully saturated rings. The van der Waals surface area contributed by atoms with Crippen LogP contribution >= 0.6 is 0 Å². The van der Waals surface area contributed by atoms with Crippen molar-refractivity contribution in [3.63, 3.8) is 0 Å². The number of aromatic carboxylic acids is 1. The molecular formula is C38H48O4Si. The Hall–Kier alpha value is -3.67. The molecule has 0 spiro atoms. The first-order chi connectivity index (χ1) is 20.4. The number of allylic oxidation sites excluding steroid dienone is 5. The van der Waals surface area contributed by atoms with Gasteiger partial charge < -0.3 is 14.3 Å². The number of rotatable bonds is 13. The molecule has 0 heterocycles. The predicted molar refractivity (Wildman–Crippen MR) is 183 cm³/mol. The summed E-state index contributed by atoms with van der Waals surface area (Å²) in [6.07, 6.45) is 10.3. The molecule has 228 valence electrons. The van der Waals surface area contributed by atoms with Crippen LogP contribution in [0.25, 0.3) is 5.57 Å². The molecular weight excluding hydrogens is 549 g/mol. The minimum atomic E-state index is -2.52. The molecule has 1 N–H and O–H groups in total. The highest BCUT2D eigenvalue weighted by atomic mass is 28.4. The Kier molecular flexibility index (Phi) is 11.9. The number of methoxy groups -OCH3 is 1. The van der Waals surface area contributed by atoms with Gasteiger partial charge in [-0.1, -0.05) is 118 Å². The first-order valence-corrected chi connectivity index (χ1v) is 17.0.